The molecule has 2 aromatic rings. The van der Waals surface area contributed by atoms with Crippen molar-refractivity contribution in [2.45, 2.75) is 39.4 Å². The second-order valence-electron chi connectivity index (χ2n) is 7.81. The molecule has 0 aliphatic carbocycles. The Kier molecular flexibility index (Phi) is 10.6. The zero-order chi connectivity index (χ0) is 28.5. The second kappa shape index (κ2) is 13.4. The predicted octanol–water partition coefficient (Wildman–Crippen LogP) is 3.97. The lowest BCUT2D eigenvalue weighted by atomic mass is 10.2. The van der Waals surface area contributed by atoms with E-state index in [1.807, 2.05) is 6.92 Å². The smallest absolute Gasteiger partial charge is 0.351 e. The number of hydrogen-bond donors (Lipinski definition) is 3. The van der Waals surface area contributed by atoms with Crippen molar-refractivity contribution in [2.75, 3.05) is 11.9 Å². The normalized spacial score (nSPS) is 12.9. The quantitative estimate of drug-likeness (QED) is 0.302. The van der Waals surface area contributed by atoms with Crippen LogP contribution in [0.1, 0.15) is 53.7 Å². The van der Waals surface area contributed by atoms with Crippen LogP contribution in [0.5, 0.6) is 0 Å². The Hall–Kier alpha value is -4.13. The van der Waals surface area contributed by atoms with E-state index in [1.165, 1.54) is 19.1 Å². The van der Waals surface area contributed by atoms with Crippen molar-refractivity contribution in [3.05, 3.63) is 71.1 Å². The molecule has 3 N–H and O–H groups in total. The van der Waals surface area contributed by atoms with Crippen LogP contribution in [0.15, 0.2) is 54.1 Å². The summed E-state index contributed by atoms with van der Waals surface area (Å²) < 4.78 is 39.1. The first-order chi connectivity index (χ1) is 17.9. The number of anilines is 1. The Morgan fingerprint density at radius 2 is 1.82 bits per heavy atom. The maximum absolute atomic E-state index is 13.0. The summed E-state index contributed by atoms with van der Waals surface area (Å²) in [6, 6.07) is 1.18. The van der Waals surface area contributed by atoms with Gasteiger partial charge in [0, 0.05) is 30.6 Å². The van der Waals surface area contributed by atoms with Crippen LogP contribution in [0.4, 0.5) is 19.0 Å². The average molecular weight is 552 g/mol. The Morgan fingerprint density at radius 3 is 2.42 bits per heavy atom. The molecule has 0 spiro atoms. The molecule has 0 aliphatic rings. The number of hydrogen-bond acceptors (Lipinski definition) is 7. The molecule has 0 aliphatic heterocycles. The number of aliphatic imine (C=N–C) groups is 1. The lowest BCUT2D eigenvalue weighted by Gasteiger charge is -2.14. The molecular formula is C24H25ClF3N7O3. The molecule has 0 aromatic carbocycles. The van der Waals surface area contributed by atoms with Gasteiger partial charge in [-0.3, -0.25) is 19.4 Å². The van der Waals surface area contributed by atoms with E-state index in [9.17, 15) is 27.6 Å². The summed E-state index contributed by atoms with van der Waals surface area (Å²) in [7, 11) is 0. The van der Waals surface area contributed by atoms with Gasteiger partial charge in [-0.2, -0.15) is 13.2 Å². The van der Waals surface area contributed by atoms with Crippen molar-refractivity contribution >= 4 is 40.9 Å². The fraction of sp³-hybridized carbons (Fsp3) is 0.292. The molecule has 2 aromatic heterocycles. The monoisotopic (exact) mass is 551 g/mol. The molecule has 38 heavy (non-hydrogen) atoms. The van der Waals surface area contributed by atoms with E-state index >= 15 is 0 Å². The standard InChI is InChI=1S/C24H25ClF3N7O3/c1-5-7-29-22(37)18-9-19(33-12-32-18)23(38)34-14(4)17(6-2)30-10-13(3)21(36)35-20-8-15(24(26,27)28)16(25)11-31-20/h6,8-12,14H,2,5,7H2,1,3-4H3,(H,29,37)(H,34,38)(H,31,35,36)/b13-10+,30-17?. The second-order valence-corrected chi connectivity index (χ2v) is 8.22. The van der Waals surface area contributed by atoms with Crippen LogP contribution >= 0.6 is 11.6 Å². The number of aromatic nitrogens is 3. The zero-order valence-electron chi connectivity index (χ0n) is 20.7. The van der Waals surface area contributed by atoms with Gasteiger partial charge in [0.05, 0.1) is 22.3 Å². The van der Waals surface area contributed by atoms with Gasteiger partial charge in [0.25, 0.3) is 17.7 Å². The predicted molar refractivity (Wildman–Crippen MR) is 136 cm³/mol. The number of halogens is 4. The Morgan fingerprint density at radius 1 is 1.16 bits per heavy atom. The summed E-state index contributed by atoms with van der Waals surface area (Å²) in [5.74, 6) is -2.15. The van der Waals surface area contributed by atoms with Gasteiger partial charge in [-0.05, 0) is 32.4 Å². The van der Waals surface area contributed by atoms with E-state index in [4.69, 9.17) is 11.6 Å². The first-order valence-electron chi connectivity index (χ1n) is 11.2. The summed E-state index contributed by atoms with van der Waals surface area (Å²) in [6.07, 6.45) is 0.417. The topological polar surface area (TPSA) is 138 Å². The summed E-state index contributed by atoms with van der Waals surface area (Å²) in [5.41, 5.74) is -0.848. The number of carbonyl (C=O) groups is 3. The van der Waals surface area contributed by atoms with E-state index in [0.29, 0.717) is 12.6 Å². The lowest BCUT2D eigenvalue weighted by Crippen LogP contribution is -2.38. The van der Waals surface area contributed by atoms with E-state index in [-0.39, 0.29) is 28.5 Å². The molecule has 0 bridgehead atoms. The minimum Gasteiger partial charge on any atom is -0.351 e. The van der Waals surface area contributed by atoms with Crippen molar-refractivity contribution < 1.29 is 27.6 Å². The van der Waals surface area contributed by atoms with Gasteiger partial charge >= 0.3 is 6.18 Å². The molecule has 1 unspecified atom stereocenters. The molecule has 0 radical (unpaired) electrons. The molecule has 0 saturated carbocycles. The number of pyridine rings is 1. The van der Waals surface area contributed by atoms with Crippen LogP contribution in [0.3, 0.4) is 0 Å². The van der Waals surface area contributed by atoms with E-state index in [1.54, 1.807) is 6.92 Å². The molecule has 202 valence electrons. The summed E-state index contributed by atoms with van der Waals surface area (Å²) in [6.45, 7) is 8.98. The molecule has 14 heteroatoms. The van der Waals surface area contributed by atoms with Crippen molar-refractivity contribution in [1.82, 2.24) is 25.6 Å². The van der Waals surface area contributed by atoms with Crippen molar-refractivity contribution in [1.29, 1.82) is 0 Å². The minimum atomic E-state index is -4.72. The van der Waals surface area contributed by atoms with E-state index in [2.05, 4.69) is 42.5 Å². The molecule has 1 atom stereocenters. The Bertz CT molecular complexity index is 1280. The van der Waals surface area contributed by atoms with Gasteiger partial charge in [-0.15, -0.1) is 0 Å². The average Bonchev–Trinajstić information content (AvgIpc) is 2.87. The highest BCUT2D eigenvalue weighted by molar-refractivity contribution is 6.31. The third kappa shape index (κ3) is 8.47. The summed E-state index contributed by atoms with van der Waals surface area (Å²) in [4.78, 5) is 52.7. The first-order valence-corrected chi connectivity index (χ1v) is 11.6. The van der Waals surface area contributed by atoms with Gasteiger partial charge in [-0.1, -0.05) is 25.1 Å². The van der Waals surface area contributed by atoms with Gasteiger partial charge in [0.2, 0.25) is 0 Å². The van der Waals surface area contributed by atoms with E-state index in [0.717, 1.165) is 25.1 Å². The molecule has 2 rings (SSSR count). The maximum Gasteiger partial charge on any atom is 0.418 e. The van der Waals surface area contributed by atoms with E-state index < -0.39 is 40.5 Å². The van der Waals surface area contributed by atoms with Crippen molar-refractivity contribution in [3.8, 4) is 0 Å². The summed E-state index contributed by atoms with van der Waals surface area (Å²) in [5, 5.41) is 6.95. The molecule has 2 heterocycles. The fourth-order valence-corrected chi connectivity index (χ4v) is 3.00. The highest BCUT2D eigenvalue weighted by Crippen LogP contribution is 2.35. The third-order valence-corrected chi connectivity index (χ3v) is 5.14. The highest BCUT2D eigenvalue weighted by atomic mass is 35.5. The van der Waals surface area contributed by atoms with Crippen LogP contribution < -0.4 is 16.0 Å². The number of carbonyl (C=O) groups excluding carboxylic acids is 3. The molecule has 3 amide bonds. The third-order valence-electron chi connectivity index (χ3n) is 4.84. The van der Waals surface area contributed by atoms with Gasteiger partial charge in [0.1, 0.15) is 23.5 Å². The number of nitrogens with zero attached hydrogens (tertiary/aromatic N) is 4. The Labute approximate surface area is 221 Å². The molecule has 0 saturated heterocycles. The molecule has 0 fully saturated rings. The van der Waals surface area contributed by atoms with Crippen LogP contribution in [0.25, 0.3) is 0 Å². The van der Waals surface area contributed by atoms with Crippen LogP contribution in [-0.4, -0.2) is 51.0 Å². The largest absolute Gasteiger partial charge is 0.418 e. The van der Waals surface area contributed by atoms with Gasteiger partial charge in [0.15, 0.2) is 0 Å². The number of amides is 3. The van der Waals surface area contributed by atoms with Crippen LogP contribution in [-0.2, 0) is 11.0 Å². The number of rotatable bonds is 10. The minimum absolute atomic E-state index is 0.0333. The van der Waals surface area contributed by atoms with Crippen molar-refractivity contribution in [2.24, 2.45) is 4.99 Å². The van der Waals surface area contributed by atoms with Gasteiger partial charge in [-0.25, -0.2) is 15.0 Å². The SMILES string of the molecule is C=CC(=N/C=C(\C)C(=O)Nc1cc(C(F)(F)F)c(Cl)cn1)C(C)NC(=O)c1cc(C(=O)NCCC)ncn1. The van der Waals surface area contributed by atoms with Crippen LogP contribution in [0.2, 0.25) is 5.02 Å². The van der Waals surface area contributed by atoms with Crippen LogP contribution in [0, 0.1) is 0 Å². The number of alkyl halides is 3. The molecule has 10 nitrogen and oxygen atoms in total. The lowest BCUT2D eigenvalue weighted by molar-refractivity contribution is -0.137. The highest BCUT2D eigenvalue weighted by Gasteiger charge is 2.34. The van der Waals surface area contributed by atoms with Gasteiger partial charge < -0.3 is 16.0 Å². The number of nitrogens with one attached hydrogen (secondary N) is 3. The van der Waals surface area contributed by atoms with Crippen molar-refractivity contribution in [3.63, 3.8) is 0 Å². The fourth-order valence-electron chi connectivity index (χ4n) is 2.79. The Balaban J connectivity index is 2.10. The molecular weight excluding hydrogens is 527 g/mol. The summed E-state index contributed by atoms with van der Waals surface area (Å²) >= 11 is 5.54. The first kappa shape index (κ1) is 30.1. The maximum atomic E-state index is 13.0. The zero-order valence-corrected chi connectivity index (χ0v) is 21.4.